The summed E-state index contributed by atoms with van der Waals surface area (Å²) in [4.78, 5) is 0.0260. The summed E-state index contributed by atoms with van der Waals surface area (Å²) in [7, 11) is -6.08. The van der Waals surface area contributed by atoms with Crippen LogP contribution in [0.5, 0.6) is 0 Å². The third-order valence-electron chi connectivity index (χ3n) is 3.75. The van der Waals surface area contributed by atoms with Gasteiger partial charge in [-0.1, -0.05) is 33.9 Å². The lowest BCUT2D eigenvalue weighted by Gasteiger charge is -2.36. The SMILES string of the molecule is CC(C)(O)c1sc(S(=O)(=O)N[Si](C)(C)C(C)(C)C)cc1F. The van der Waals surface area contributed by atoms with Gasteiger partial charge in [-0.15, -0.1) is 11.3 Å². The van der Waals surface area contributed by atoms with Crippen LogP contribution in [0.4, 0.5) is 4.39 Å². The van der Waals surface area contributed by atoms with Gasteiger partial charge in [0.1, 0.15) is 18.3 Å². The van der Waals surface area contributed by atoms with Crippen molar-refractivity contribution in [1.82, 2.24) is 4.39 Å². The number of halogens is 1. The Labute approximate surface area is 131 Å². The zero-order valence-corrected chi connectivity index (χ0v) is 16.2. The van der Waals surface area contributed by atoms with Crippen molar-refractivity contribution in [3.8, 4) is 0 Å². The molecule has 0 fully saturated rings. The van der Waals surface area contributed by atoms with E-state index in [0.717, 1.165) is 17.4 Å². The molecule has 4 nitrogen and oxygen atoms in total. The molecule has 0 aromatic carbocycles. The number of thiophene rings is 1. The molecule has 0 amide bonds. The molecule has 21 heavy (non-hydrogen) atoms. The predicted molar refractivity (Wildman–Crippen MR) is 87.0 cm³/mol. The molecule has 0 saturated carbocycles. The number of rotatable bonds is 4. The monoisotopic (exact) mass is 353 g/mol. The van der Waals surface area contributed by atoms with Gasteiger partial charge in [0.25, 0.3) is 0 Å². The Morgan fingerprint density at radius 2 is 1.71 bits per heavy atom. The molecule has 1 aromatic rings. The minimum absolute atomic E-state index is 0.0260. The minimum Gasteiger partial charge on any atom is -0.385 e. The van der Waals surface area contributed by atoms with Crippen molar-refractivity contribution in [3.05, 3.63) is 16.8 Å². The van der Waals surface area contributed by atoms with Crippen LogP contribution in [0.1, 0.15) is 39.5 Å². The van der Waals surface area contributed by atoms with Crippen LogP contribution < -0.4 is 4.39 Å². The topological polar surface area (TPSA) is 66.4 Å². The highest BCUT2D eigenvalue weighted by Gasteiger charge is 2.40. The van der Waals surface area contributed by atoms with Gasteiger partial charge in [-0.3, -0.25) is 0 Å². The molecule has 1 aromatic heterocycles. The molecule has 0 aliphatic carbocycles. The van der Waals surface area contributed by atoms with Gasteiger partial charge in [-0.05, 0) is 18.9 Å². The first-order valence-electron chi connectivity index (χ1n) is 6.64. The zero-order valence-electron chi connectivity index (χ0n) is 13.5. The molecular weight excluding hydrogens is 329 g/mol. The maximum Gasteiger partial charge on any atom is 0.244 e. The molecule has 122 valence electrons. The summed E-state index contributed by atoms with van der Waals surface area (Å²) in [6.45, 7) is 12.7. The molecule has 0 aliphatic rings. The Hall–Kier alpha value is -0.283. The first-order chi connectivity index (χ1) is 9.08. The number of aliphatic hydroxyl groups is 1. The van der Waals surface area contributed by atoms with Crippen molar-refractivity contribution in [2.75, 3.05) is 0 Å². The lowest BCUT2D eigenvalue weighted by atomic mass is 10.1. The van der Waals surface area contributed by atoms with Crippen molar-refractivity contribution in [2.45, 2.75) is 62.6 Å². The summed E-state index contributed by atoms with van der Waals surface area (Å²) >= 11 is 0.771. The lowest BCUT2D eigenvalue weighted by molar-refractivity contribution is 0.0789. The fraction of sp³-hybridized carbons (Fsp3) is 0.692. The van der Waals surface area contributed by atoms with Crippen LogP contribution >= 0.6 is 11.3 Å². The molecule has 1 rings (SSSR count). The largest absolute Gasteiger partial charge is 0.385 e. The highest BCUT2D eigenvalue weighted by molar-refractivity contribution is 7.93. The summed E-state index contributed by atoms with van der Waals surface area (Å²) < 4.78 is 41.5. The second-order valence-electron chi connectivity index (χ2n) is 7.28. The van der Waals surface area contributed by atoms with Gasteiger partial charge in [0.2, 0.25) is 10.0 Å². The third-order valence-corrected chi connectivity index (χ3v) is 13.4. The average Bonchev–Trinajstić information content (AvgIpc) is 2.56. The second-order valence-corrected chi connectivity index (χ2v) is 15.6. The first-order valence-corrected chi connectivity index (χ1v) is 11.9. The van der Waals surface area contributed by atoms with E-state index in [9.17, 15) is 17.9 Å². The van der Waals surface area contributed by atoms with E-state index in [-0.39, 0.29) is 14.1 Å². The van der Waals surface area contributed by atoms with E-state index in [4.69, 9.17) is 0 Å². The van der Waals surface area contributed by atoms with Crippen LogP contribution in [0, 0.1) is 5.82 Å². The average molecular weight is 354 g/mol. The summed E-state index contributed by atoms with van der Waals surface area (Å²) in [5, 5.41) is 9.70. The van der Waals surface area contributed by atoms with E-state index >= 15 is 0 Å². The number of hydrogen-bond donors (Lipinski definition) is 2. The summed E-state index contributed by atoms with van der Waals surface area (Å²) in [5.41, 5.74) is -1.40. The van der Waals surface area contributed by atoms with E-state index in [0.29, 0.717) is 0 Å². The maximum atomic E-state index is 13.9. The Balaban J connectivity index is 3.23. The van der Waals surface area contributed by atoms with Crippen LogP contribution in [-0.4, -0.2) is 21.8 Å². The van der Waals surface area contributed by atoms with Crippen LogP contribution in [0.2, 0.25) is 18.1 Å². The van der Waals surface area contributed by atoms with Crippen LogP contribution in [0.3, 0.4) is 0 Å². The van der Waals surface area contributed by atoms with Crippen LogP contribution in [0.15, 0.2) is 10.3 Å². The first kappa shape index (κ1) is 18.8. The zero-order chi connectivity index (χ0) is 16.9. The van der Waals surface area contributed by atoms with Gasteiger partial charge in [0.05, 0.1) is 10.5 Å². The van der Waals surface area contributed by atoms with Crippen molar-refractivity contribution in [1.29, 1.82) is 0 Å². The second kappa shape index (κ2) is 5.41. The van der Waals surface area contributed by atoms with Gasteiger partial charge >= 0.3 is 0 Å². The Morgan fingerprint density at radius 3 is 2.05 bits per heavy atom. The molecule has 2 N–H and O–H groups in total. The smallest absolute Gasteiger partial charge is 0.244 e. The van der Waals surface area contributed by atoms with Gasteiger partial charge in [-0.2, -0.15) is 0 Å². The summed E-state index contributed by atoms with van der Waals surface area (Å²) in [6.07, 6.45) is 0. The molecule has 1 heterocycles. The maximum absolute atomic E-state index is 13.9. The quantitative estimate of drug-likeness (QED) is 0.815. The number of nitrogens with one attached hydrogen (secondary N) is 1. The van der Waals surface area contributed by atoms with Crippen molar-refractivity contribution >= 4 is 29.6 Å². The molecule has 0 saturated heterocycles. The molecule has 0 aliphatic heterocycles. The van der Waals surface area contributed by atoms with Crippen molar-refractivity contribution in [3.63, 3.8) is 0 Å². The molecule has 0 spiro atoms. The molecule has 8 heteroatoms. The van der Waals surface area contributed by atoms with E-state index in [2.05, 4.69) is 4.39 Å². The lowest BCUT2D eigenvalue weighted by Crippen LogP contribution is -2.54. The van der Waals surface area contributed by atoms with Crippen molar-refractivity contribution in [2.24, 2.45) is 0 Å². The Bertz CT molecular complexity index is 625. The highest BCUT2D eigenvalue weighted by Crippen LogP contribution is 2.37. The summed E-state index contributed by atoms with van der Waals surface area (Å²) in [6, 6.07) is 0.980. The standard InChI is InChI=1S/C13H24FNO3S2Si/c1-12(2,3)21(6,7)15-20(17,18)10-8-9(14)11(19-10)13(4,5)16/h8,15-16H,1-7H3. The number of sulfonamides is 1. The minimum atomic E-state index is -3.78. The molecular formula is C13H24FNO3S2Si. The van der Waals surface area contributed by atoms with Crippen molar-refractivity contribution < 1.29 is 17.9 Å². The van der Waals surface area contributed by atoms with E-state index < -0.39 is 29.7 Å². The number of hydrogen-bond acceptors (Lipinski definition) is 4. The molecule has 0 atom stereocenters. The summed E-state index contributed by atoms with van der Waals surface area (Å²) in [5.74, 6) is -0.692. The van der Waals surface area contributed by atoms with E-state index in [1.807, 2.05) is 33.9 Å². The van der Waals surface area contributed by atoms with E-state index in [1.165, 1.54) is 13.8 Å². The Morgan fingerprint density at radius 1 is 1.24 bits per heavy atom. The van der Waals surface area contributed by atoms with Gasteiger partial charge < -0.3 is 5.11 Å². The molecule has 0 unspecified atom stereocenters. The fourth-order valence-corrected chi connectivity index (χ4v) is 7.84. The van der Waals surface area contributed by atoms with Gasteiger partial charge in [-0.25, -0.2) is 17.2 Å². The normalized spacial score (nSPS) is 14.5. The third kappa shape index (κ3) is 4.13. The highest BCUT2D eigenvalue weighted by atomic mass is 32.2. The van der Waals surface area contributed by atoms with E-state index in [1.54, 1.807) is 0 Å². The predicted octanol–water partition coefficient (Wildman–Crippen LogP) is 3.40. The fourth-order valence-electron chi connectivity index (χ4n) is 1.44. The van der Waals surface area contributed by atoms with Gasteiger partial charge in [0.15, 0.2) is 0 Å². The molecule has 0 bridgehead atoms. The molecule has 0 radical (unpaired) electrons. The van der Waals surface area contributed by atoms with Crippen LogP contribution in [-0.2, 0) is 15.6 Å². The van der Waals surface area contributed by atoms with Gasteiger partial charge in [0, 0.05) is 6.07 Å². The van der Waals surface area contributed by atoms with Crippen LogP contribution in [0.25, 0.3) is 0 Å². The Kier molecular flexibility index (Phi) is 4.84.